The van der Waals surface area contributed by atoms with Crippen molar-refractivity contribution in [2.24, 2.45) is 0 Å². The summed E-state index contributed by atoms with van der Waals surface area (Å²) in [5.74, 6) is 0.204. The highest BCUT2D eigenvalue weighted by molar-refractivity contribution is 6.31. The molecule has 0 atom stereocenters. The number of nitrogens with zero attached hydrogens (tertiary/aromatic N) is 1. The molecular formula is C17H27ClNO+. The standard InChI is InChI=1S/C17H26ClNO/c1-19(12-6-3-7-13-19)11-5-2-4-8-15-9-10-16(18)17(20)14-15/h9-10,14H,2-8,11-13H2,1H3/p+1. The molecule has 3 heteroatoms. The molecule has 0 unspecified atom stereocenters. The number of phenolic OH excluding ortho intramolecular Hbond substituents is 1. The Morgan fingerprint density at radius 2 is 1.85 bits per heavy atom. The van der Waals surface area contributed by atoms with E-state index in [1.807, 2.05) is 6.07 Å². The maximum atomic E-state index is 9.57. The number of aryl methyl sites for hydroxylation is 1. The molecule has 1 fully saturated rings. The molecule has 1 heterocycles. The number of quaternary nitrogens is 1. The van der Waals surface area contributed by atoms with Crippen LogP contribution in [0.5, 0.6) is 5.75 Å². The predicted molar refractivity (Wildman–Crippen MR) is 85.3 cm³/mol. The van der Waals surface area contributed by atoms with Gasteiger partial charge in [-0.1, -0.05) is 17.7 Å². The van der Waals surface area contributed by atoms with Gasteiger partial charge in [0.25, 0.3) is 0 Å². The molecule has 0 saturated carbocycles. The van der Waals surface area contributed by atoms with Crippen molar-refractivity contribution >= 4 is 11.6 Å². The molecule has 112 valence electrons. The summed E-state index contributed by atoms with van der Waals surface area (Å²) in [6, 6.07) is 5.59. The first-order valence-corrected chi connectivity index (χ1v) is 8.28. The molecule has 20 heavy (non-hydrogen) atoms. The Kier molecular flexibility index (Phi) is 5.74. The van der Waals surface area contributed by atoms with Gasteiger partial charge >= 0.3 is 0 Å². The Morgan fingerprint density at radius 3 is 2.55 bits per heavy atom. The number of hydrogen-bond donors (Lipinski definition) is 1. The van der Waals surface area contributed by atoms with Gasteiger partial charge in [-0.15, -0.1) is 0 Å². The van der Waals surface area contributed by atoms with Gasteiger partial charge in [0.05, 0.1) is 31.7 Å². The van der Waals surface area contributed by atoms with Crippen molar-refractivity contribution < 1.29 is 9.59 Å². The minimum atomic E-state index is 0.204. The van der Waals surface area contributed by atoms with E-state index in [0.29, 0.717) is 5.02 Å². The average Bonchev–Trinajstić information content (AvgIpc) is 2.43. The van der Waals surface area contributed by atoms with Crippen LogP contribution in [0.15, 0.2) is 18.2 Å². The Morgan fingerprint density at radius 1 is 1.10 bits per heavy atom. The third kappa shape index (κ3) is 4.68. The number of benzene rings is 1. The second-order valence-corrected chi connectivity index (χ2v) is 6.85. The summed E-state index contributed by atoms with van der Waals surface area (Å²) in [6.07, 6.45) is 9.05. The van der Waals surface area contributed by atoms with Crippen LogP contribution in [0.25, 0.3) is 0 Å². The van der Waals surface area contributed by atoms with Gasteiger partial charge in [0, 0.05) is 0 Å². The van der Waals surface area contributed by atoms with Crippen LogP contribution >= 0.6 is 11.6 Å². The first kappa shape index (κ1) is 15.7. The zero-order valence-electron chi connectivity index (χ0n) is 12.6. The number of hydrogen-bond acceptors (Lipinski definition) is 1. The first-order valence-electron chi connectivity index (χ1n) is 7.90. The van der Waals surface area contributed by atoms with E-state index in [9.17, 15) is 5.11 Å². The highest BCUT2D eigenvalue weighted by Gasteiger charge is 2.23. The minimum absolute atomic E-state index is 0.204. The quantitative estimate of drug-likeness (QED) is 0.610. The van der Waals surface area contributed by atoms with Crippen LogP contribution in [-0.4, -0.2) is 36.3 Å². The maximum Gasteiger partial charge on any atom is 0.134 e. The van der Waals surface area contributed by atoms with Gasteiger partial charge in [-0.05, 0) is 62.6 Å². The summed E-state index contributed by atoms with van der Waals surface area (Å²) in [6.45, 7) is 4.06. The van der Waals surface area contributed by atoms with Crippen LogP contribution in [0, 0.1) is 0 Å². The van der Waals surface area contributed by atoms with Gasteiger partial charge in [-0.25, -0.2) is 0 Å². The van der Waals surface area contributed by atoms with E-state index < -0.39 is 0 Å². The van der Waals surface area contributed by atoms with Crippen LogP contribution < -0.4 is 0 Å². The number of aromatic hydroxyl groups is 1. The largest absolute Gasteiger partial charge is 0.506 e. The molecule has 0 aliphatic carbocycles. The fourth-order valence-corrected chi connectivity index (χ4v) is 3.33. The molecule has 0 spiro atoms. The summed E-state index contributed by atoms with van der Waals surface area (Å²) in [7, 11) is 2.41. The lowest BCUT2D eigenvalue weighted by atomic mass is 10.0. The third-order valence-electron chi connectivity index (χ3n) is 4.57. The zero-order chi connectivity index (χ0) is 14.4. The summed E-state index contributed by atoms with van der Waals surface area (Å²) in [4.78, 5) is 0. The van der Waals surface area contributed by atoms with Gasteiger partial charge in [-0.2, -0.15) is 0 Å². The average molecular weight is 297 g/mol. The van der Waals surface area contributed by atoms with Crippen LogP contribution in [0.2, 0.25) is 5.02 Å². The van der Waals surface area contributed by atoms with Crippen LogP contribution in [-0.2, 0) is 6.42 Å². The summed E-state index contributed by atoms with van der Waals surface area (Å²) in [5.41, 5.74) is 1.19. The summed E-state index contributed by atoms with van der Waals surface area (Å²) >= 11 is 5.81. The lowest BCUT2D eigenvalue weighted by Crippen LogP contribution is -2.48. The minimum Gasteiger partial charge on any atom is -0.506 e. The zero-order valence-corrected chi connectivity index (χ0v) is 13.3. The van der Waals surface area contributed by atoms with Crippen molar-refractivity contribution in [3.05, 3.63) is 28.8 Å². The number of piperidine rings is 1. The van der Waals surface area contributed by atoms with Gasteiger partial charge in [-0.3, -0.25) is 0 Å². The molecule has 1 aromatic rings. The number of likely N-dealkylation sites (tertiary alicyclic amines) is 1. The van der Waals surface area contributed by atoms with E-state index in [0.717, 1.165) is 6.42 Å². The predicted octanol–water partition coefficient (Wildman–Crippen LogP) is 4.39. The van der Waals surface area contributed by atoms with Crippen LogP contribution in [0.3, 0.4) is 0 Å². The highest BCUT2D eigenvalue weighted by atomic mass is 35.5. The molecule has 0 bridgehead atoms. The summed E-state index contributed by atoms with van der Waals surface area (Å²) < 4.78 is 1.28. The molecule has 1 aliphatic heterocycles. The van der Waals surface area contributed by atoms with E-state index in [-0.39, 0.29) is 5.75 Å². The van der Waals surface area contributed by atoms with Crippen LogP contribution in [0.4, 0.5) is 0 Å². The monoisotopic (exact) mass is 296 g/mol. The fourth-order valence-electron chi connectivity index (χ4n) is 3.21. The second kappa shape index (κ2) is 7.33. The van der Waals surface area contributed by atoms with Gasteiger partial charge in [0.15, 0.2) is 0 Å². The van der Waals surface area contributed by atoms with E-state index in [2.05, 4.69) is 7.05 Å². The van der Waals surface area contributed by atoms with Crippen molar-refractivity contribution in [1.82, 2.24) is 0 Å². The van der Waals surface area contributed by atoms with Crippen molar-refractivity contribution in [2.45, 2.75) is 44.9 Å². The molecule has 2 nitrogen and oxygen atoms in total. The molecule has 0 radical (unpaired) electrons. The Balaban J connectivity index is 1.65. The molecular weight excluding hydrogens is 270 g/mol. The third-order valence-corrected chi connectivity index (χ3v) is 4.89. The number of halogens is 1. The number of phenols is 1. The normalized spacial score (nSPS) is 18.1. The Labute approximate surface area is 128 Å². The Hall–Kier alpha value is -0.730. The lowest BCUT2D eigenvalue weighted by Gasteiger charge is -2.37. The number of unbranched alkanes of at least 4 members (excludes halogenated alkanes) is 2. The van der Waals surface area contributed by atoms with E-state index in [4.69, 9.17) is 11.6 Å². The van der Waals surface area contributed by atoms with E-state index >= 15 is 0 Å². The van der Waals surface area contributed by atoms with Crippen molar-refractivity contribution in [3.8, 4) is 5.75 Å². The molecule has 0 aromatic heterocycles. The highest BCUT2D eigenvalue weighted by Crippen LogP contribution is 2.24. The van der Waals surface area contributed by atoms with E-state index in [1.165, 1.54) is 68.2 Å². The summed E-state index contributed by atoms with van der Waals surface area (Å²) in [5, 5.41) is 10.0. The second-order valence-electron chi connectivity index (χ2n) is 6.45. The fraction of sp³-hybridized carbons (Fsp3) is 0.647. The van der Waals surface area contributed by atoms with Gasteiger partial charge in [0.2, 0.25) is 0 Å². The topological polar surface area (TPSA) is 20.2 Å². The molecule has 2 rings (SSSR count). The first-order chi connectivity index (χ1) is 9.59. The van der Waals surface area contributed by atoms with Gasteiger partial charge in [0.1, 0.15) is 5.75 Å². The number of rotatable bonds is 6. The van der Waals surface area contributed by atoms with E-state index in [1.54, 1.807) is 12.1 Å². The molecule has 0 amide bonds. The maximum absolute atomic E-state index is 9.57. The molecule has 1 aliphatic rings. The SMILES string of the molecule is C[N+]1(CCCCCc2ccc(Cl)c(O)c2)CCCCC1. The van der Waals surface area contributed by atoms with Crippen molar-refractivity contribution in [2.75, 3.05) is 26.7 Å². The van der Waals surface area contributed by atoms with Gasteiger partial charge < -0.3 is 9.59 Å². The lowest BCUT2D eigenvalue weighted by molar-refractivity contribution is -0.914. The van der Waals surface area contributed by atoms with Crippen LogP contribution in [0.1, 0.15) is 44.1 Å². The molecule has 1 N–H and O–H groups in total. The smallest absolute Gasteiger partial charge is 0.134 e. The van der Waals surface area contributed by atoms with Crippen molar-refractivity contribution in [1.29, 1.82) is 0 Å². The molecule has 1 aromatic carbocycles. The Bertz CT molecular complexity index is 427. The molecule has 1 saturated heterocycles. The van der Waals surface area contributed by atoms with Crippen molar-refractivity contribution in [3.63, 3.8) is 0 Å².